The van der Waals surface area contributed by atoms with Gasteiger partial charge in [0.2, 0.25) is 17.9 Å². The largest absolute Gasteiger partial charge is 0.480 e. The van der Waals surface area contributed by atoms with E-state index in [9.17, 15) is 23.1 Å². The van der Waals surface area contributed by atoms with Crippen molar-refractivity contribution in [3.63, 3.8) is 0 Å². The molecule has 10 nitrogen and oxygen atoms in total. The van der Waals surface area contributed by atoms with Crippen molar-refractivity contribution in [2.24, 2.45) is 11.3 Å². The van der Waals surface area contributed by atoms with Crippen molar-refractivity contribution < 1.29 is 27.8 Å². The van der Waals surface area contributed by atoms with E-state index < -0.39 is 24.3 Å². The lowest BCUT2D eigenvalue weighted by Gasteiger charge is -2.46. The Hall–Kier alpha value is -3.58. The van der Waals surface area contributed by atoms with Crippen molar-refractivity contribution in [2.45, 2.75) is 82.7 Å². The van der Waals surface area contributed by atoms with E-state index >= 15 is 0 Å². The van der Waals surface area contributed by atoms with Gasteiger partial charge in [-0.05, 0) is 68.6 Å². The average molecular weight is 648 g/mol. The highest BCUT2D eigenvalue weighted by atomic mass is 35.5. The molecular weight excluding hydrogens is 611 g/mol. The molecule has 1 saturated carbocycles. The number of alkyl halides is 3. The first-order valence-electron chi connectivity index (χ1n) is 15.4. The Morgan fingerprint density at radius 2 is 1.89 bits per heavy atom. The van der Waals surface area contributed by atoms with E-state index in [1.54, 1.807) is 19.2 Å². The number of anilines is 2. The zero-order valence-corrected chi connectivity index (χ0v) is 25.7. The Bertz CT molecular complexity index is 1540. The number of piperidine rings is 1. The minimum atomic E-state index is -4.81. The molecule has 45 heavy (non-hydrogen) atoms. The fourth-order valence-corrected chi connectivity index (χ4v) is 7.68. The molecule has 14 heteroatoms. The number of halogens is 4. The van der Waals surface area contributed by atoms with Gasteiger partial charge in [0.05, 0.1) is 11.4 Å². The summed E-state index contributed by atoms with van der Waals surface area (Å²) in [4.78, 5) is 22.3. The van der Waals surface area contributed by atoms with Gasteiger partial charge < -0.3 is 25.8 Å². The van der Waals surface area contributed by atoms with Crippen LogP contribution in [0.25, 0.3) is 5.69 Å². The molecule has 2 saturated heterocycles. The van der Waals surface area contributed by atoms with Gasteiger partial charge in [0.1, 0.15) is 11.9 Å². The summed E-state index contributed by atoms with van der Waals surface area (Å²) in [6.45, 7) is 2.83. The van der Waals surface area contributed by atoms with Crippen molar-refractivity contribution in [3.05, 3.63) is 52.8 Å². The van der Waals surface area contributed by atoms with E-state index in [0.29, 0.717) is 36.9 Å². The first-order valence-corrected chi connectivity index (χ1v) is 15.7. The van der Waals surface area contributed by atoms with E-state index in [4.69, 9.17) is 22.1 Å². The molecule has 242 valence electrons. The van der Waals surface area contributed by atoms with Gasteiger partial charge >= 0.3 is 12.1 Å². The van der Waals surface area contributed by atoms with Crippen LogP contribution in [0.4, 0.5) is 24.9 Å². The highest BCUT2D eigenvalue weighted by Crippen LogP contribution is 2.49. The lowest BCUT2D eigenvalue weighted by atomic mass is 9.65. The zero-order valence-electron chi connectivity index (χ0n) is 24.9. The summed E-state index contributed by atoms with van der Waals surface area (Å²) in [5.41, 5.74) is 6.39. The molecule has 0 bridgehead atoms. The second-order valence-corrected chi connectivity index (χ2v) is 13.0. The normalized spacial score (nSPS) is 22.9. The molecule has 4 heterocycles. The van der Waals surface area contributed by atoms with Gasteiger partial charge in [0.15, 0.2) is 0 Å². The second-order valence-electron chi connectivity index (χ2n) is 12.6. The first kappa shape index (κ1) is 31.4. The SMILES string of the molecule is Cc1ccn(-c2cc(Cl)ccc2[C@@H](Oc2cc(N3CCC4(CC3)CC(C(=O)O)NC4C3CCCCC3)nc(N)n2)C(F)(F)F)n1. The molecule has 3 aromatic rings. The summed E-state index contributed by atoms with van der Waals surface area (Å²) in [5, 5.41) is 17.8. The first-order chi connectivity index (χ1) is 21.4. The number of carboxylic acids is 1. The number of benzene rings is 1. The van der Waals surface area contributed by atoms with Gasteiger partial charge in [-0.1, -0.05) is 36.9 Å². The maximum Gasteiger partial charge on any atom is 0.429 e. The van der Waals surface area contributed by atoms with Crippen LogP contribution in [0.1, 0.15) is 68.7 Å². The number of ether oxygens (including phenoxy) is 1. The summed E-state index contributed by atoms with van der Waals surface area (Å²) in [7, 11) is 0. The van der Waals surface area contributed by atoms with Crippen molar-refractivity contribution in [3.8, 4) is 11.6 Å². The monoisotopic (exact) mass is 647 g/mol. The van der Waals surface area contributed by atoms with Gasteiger partial charge in [0, 0.05) is 42.0 Å². The lowest BCUT2D eigenvalue weighted by Crippen LogP contribution is -2.50. The molecule has 3 atom stereocenters. The molecule has 1 aliphatic carbocycles. The molecule has 2 unspecified atom stereocenters. The van der Waals surface area contributed by atoms with Gasteiger partial charge in [-0.2, -0.15) is 28.2 Å². The number of hydrogen-bond donors (Lipinski definition) is 3. The Morgan fingerprint density at radius 1 is 1.16 bits per heavy atom. The van der Waals surface area contributed by atoms with E-state index in [-0.39, 0.29) is 39.6 Å². The molecular formula is C31H37ClF3N7O3. The number of carbonyl (C=O) groups is 1. The predicted molar refractivity (Wildman–Crippen MR) is 163 cm³/mol. The van der Waals surface area contributed by atoms with E-state index in [2.05, 4.69) is 20.4 Å². The predicted octanol–water partition coefficient (Wildman–Crippen LogP) is 5.87. The number of carboxylic acid groups (broad SMARTS) is 1. The van der Waals surface area contributed by atoms with Gasteiger partial charge in [-0.25, -0.2) is 4.68 Å². The van der Waals surface area contributed by atoms with Gasteiger partial charge in [-0.15, -0.1) is 0 Å². The summed E-state index contributed by atoms with van der Waals surface area (Å²) >= 11 is 6.16. The van der Waals surface area contributed by atoms with Gasteiger partial charge in [-0.3, -0.25) is 4.79 Å². The van der Waals surface area contributed by atoms with Crippen LogP contribution >= 0.6 is 11.6 Å². The van der Waals surface area contributed by atoms with Crippen LogP contribution in [0.3, 0.4) is 0 Å². The van der Waals surface area contributed by atoms with Crippen molar-refractivity contribution in [1.29, 1.82) is 0 Å². The summed E-state index contributed by atoms with van der Waals surface area (Å²) in [6, 6.07) is 6.64. The van der Waals surface area contributed by atoms with Crippen LogP contribution < -0.4 is 20.7 Å². The molecule has 2 aliphatic heterocycles. The third kappa shape index (κ3) is 6.55. The quantitative estimate of drug-likeness (QED) is 0.288. The minimum Gasteiger partial charge on any atom is -0.480 e. The maximum absolute atomic E-state index is 14.6. The topological polar surface area (TPSA) is 131 Å². The molecule has 6 rings (SSSR count). The number of aromatic nitrogens is 4. The number of nitrogens with zero attached hydrogens (tertiary/aromatic N) is 5. The Morgan fingerprint density at radius 3 is 2.53 bits per heavy atom. The number of nitrogen functional groups attached to an aromatic ring is 1. The Kier molecular flexibility index (Phi) is 8.59. The Labute approximate surface area is 264 Å². The van der Waals surface area contributed by atoms with Crippen molar-refractivity contribution >= 4 is 29.3 Å². The molecule has 1 aromatic carbocycles. The molecule has 3 aliphatic rings. The fourth-order valence-electron chi connectivity index (χ4n) is 7.51. The number of aryl methyl sites for hydroxylation is 1. The summed E-state index contributed by atoms with van der Waals surface area (Å²) in [5.74, 6) is -0.553. The third-order valence-corrected chi connectivity index (χ3v) is 9.88. The summed E-state index contributed by atoms with van der Waals surface area (Å²) in [6.07, 6.45) is 2.08. The highest BCUT2D eigenvalue weighted by molar-refractivity contribution is 6.30. The van der Waals surface area contributed by atoms with E-state index in [1.807, 2.05) is 4.90 Å². The smallest absolute Gasteiger partial charge is 0.429 e. The highest BCUT2D eigenvalue weighted by Gasteiger charge is 2.53. The number of rotatable bonds is 7. The van der Waals surface area contributed by atoms with Crippen LogP contribution in [-0.2, 0) is 4.79 Å². The molecule has 3 fully saturated rings. The van der Waals surface area contributed by atoms with Crippen molar-refractivity contribution in [2.75, 3.05) is 23.7 Å². The number of hydrogen-bond acceptors (Lipinski definition) is 8. The van der Waals surface area contributed by atoms with Crippen LogP contribution in [-0.4, -0.2) is 62.2 Å². The number of nitrogens with two attached hydrogens (primary N) is 1. The molecule has 2 aromatic heterocycles. The van der Waals surface area contributed by atoms with Crippen LogP contribution in [0.5, 0.6) is 5.88 Å². The van der Waals surface area contributed by atoms with E-state index in [1.165, 1.54) is 35.4 Å². The summed E-state index contributed by atoms with van der Waals surface area (Å²) < 4.78 is 50.6. The maximum atomic E-state index is 14.6. The second kappa shape index (κ2) is 12.3. The molecule has 1 spiro atoms. The molecule has 0 radical (unpaired) electrons. The zero-order chi connectivity index (χ0) is 31.9. The minimum absolute atomic E-state index is 0.120. The van der Waals surface area contributed by atoms with Crippen molar-refractivity contribution in [1.82, 2.24) is 25.1 Å². The lowest BCUT2D eigenvalue weighted by molar-refractivity contribution is -0.198. The van der Waals surface area contributed by atoms with Crippen LogP contribution in [0, 0.1) is 18.3 Å². The average Bonchev–Trinajstić information content (AvgIpc) is 3.60. The Balaban J connectivity index is 1.24. The van der Waals surface area contributed by atoms with Crippen LogP contribution in [0.2, 0.25) is 5.02 Å². The molecule has 0 amide bonds. The molecule has 4 N–H and O–H groups in total. The van der Waals surface area contributed by atoms with Crippen LogP contribution in [0.15, 0.2) is 36.5 Å². The van der Waals surface area contributed by atoms with E-state index in [0.717, 1.165) is 38.5 Å². The number of nitrogens with one attached hydrogen (secondary N) is 1. The van der Waals surface area contributed by atoms with Gasteiger partial charge in [0.25, 0.3) is 0 Å². The standard InChI is InChI=1S/C31H37ClF3N7O3/c1-18-9-12-42(40-18)23-15-20(32)7-8-21(23)27(31(33,34)35)45-25-16-24(38-29(36)39-25)41-13-10-30(11-14-41)17-22(28(43)44)37-26(30)19-5-3-2-4-6-19/h7-9,12,15-16,19,22,26-27,37H,2-6,10-11,13-14,17H2,1H3,(H,43,44)(H2,36,38,39)/t22?,26?,27-/m1/s1. The fraction of sp³-hybridized carbons (Fsp3) is 0.548. The third-order valence-electron chi connectivity index (χ3n) is 9.64. The number of aliphatic carboxylic acids is 1.